The van der Waals surface area contributed by atoms with E-state index in [9.17, 15) is 4.79 Å². The monoisotopic (exact) mass is 377 g/mol. The molecule has 2 aromatic heterocycles. The third-order valence-electron chi connectivity index (χ3n) is 5.23. The van der Waals surface area contributed by atoms with E-state index in [2.05, 4.69) is 27.4 Å². The van der Waals surface area contributed by atoms with Crippen molar-refractivity contribution in [2.24, 2.45) is 5.92 Å². The second kappa shape index (κ2) is 7.42. The summed E-state index contributed by atoms with van der Waals surface area (Å²) in [6, 6.07) is 9.63. The number of carbonyl (C=O) groups excluding carboxylic acids is 1. The second-order valence-electron chi connectivity index (χ2n) is 7.43. The van der Waals surface area contributed by atoms with Gasteiger partial charge in [0.15, 0.2) is 0 Å². The average Bonchev–Trinajstić information content (AvgIpc) is 3.32. The average molecular weight is 377 g/mol. The van der Waals surface area contributed by atoms with E-state index in [1.54, 1.807) is 12.4 Å². The van der Waals surface area contributed by atoms with E-state index in [-0.39, 0.29) is 17.9 Å². The number of carbonyl (C=O) groups is 1. The first-order valence-electron chi connectivity index (χ1n) is 9.38. The molecule has 7 heteroatoms. The highest BCUT2D eigenvalue weighted by atomic mass is 16.5. The fourth-order valence-corrected chi connectivity index (χ4v) is 3.52. The smallest absolute Gasteiger partial charge is 0.321 e. The van der Waals surface area contributed by atoms with Gasteiger partial charge in [0.2, 0.25) is 11.7 Å². The molecule has 1 saturated heterocycles. The van der Waals surface area contributed by atoms with Crippen LogP contribution >= 0.6 is 0 Å². The molecule has 144 valence electrons. The van der Waals surface area contributed by atoms with Gasteiger partial charge in [-0.05, 0) is 49.1 Å². The van der Waals surface area contributed by atoms with E-state index in [0.29, 0.717) is 24.8 Å². The fourth-order valence-electron chi connectivity index (χ4n) is 3.52. The van der Waals surface area contributed by atoms with E-state index in [1.807, 2.05) is 49.1 Å². The molecular weight excluding hydrogens is 354 g/mol. The van der Waals surface area contributed by atoms with Crippen LogP contribution in [0.1, 0.15) is 29.9 Å². The molecule has 2 unspecified atom stereocenters. The normalized spacial score (nSPS) is 19.0. The zero-order valence-electron chi connectivity index (χ0n) is 16.2. The fraction of sp³-hybridized carbons (Fsp3) is 0.333. The van der Waals surface area contributed by atoms with Gasteiger partial charge >= 0.3 is 6.03 Å². The third-order valence-corrected chi connectivity index (χ3v) is 5.23. The zero-order chi connectivity index (χ0) is 19.7. The number of nitrogens with one attached hydrogen (secondary N) is 1. The Balaban J connectivity index is 1.47. The van der Waals surface area contributed by atoms with Crippen molar-refractivity contribution < 1.29 is 9.32 Å². The Labute approximate surface area is 163 Å². The number of amides is 2. The molecule has 0 saturated carbocycles. The maximum absolute atomic E-state index is 12.8. The Morgan fingerprint density at radius 3 is 2.75 bits per heavy atom. The van der Waals surface area contributed by atoms with Crippen molar-refractivity contribution in [1.29, 1.82) is 0 Å². The first kappa shape index (κ1) is 18.2. The molecule has 1 aliphatic heterocycles. The highest BCUT2D eigenvalue weighted by Crippen LogP contribution is 2.33. The van der Waals surface area contributed by atoms with Crippen molar-refractivity contribution in [3.05, 3.63) is 59.7 Å². The summed E-state index contributed by atoms with van der Waals surface area (Å²) >= 11 is 0. The van der Waals surface area contributed by atoms with E-state index >= 15 is 0 Å². The van der Waals surface area contributed by atoms with E-state index < -0.39 is 0 Å². The minimum absolute atomic E-state index is 0.0208. The summed E-state index contributed by atoms with van der Waals surface area (Å²) in [7, 11) is 0. The molecular formula is C21H23N5O2. The maximum atomic E-state index is 12.8. The Hall–Kier alpha value is -3.22. The summed E-state index contributed by atoms with van der Waals surface area (Å²) in [6.07, 6.45) is 3.39. The van der Waals surface area contributed by atoms with E-state index in [0.717, 1.165) is 22.4 Å². The van der Waals surface area contributed by atoms with Crippen LogP contribution in [0.25, 0.3) is 11.4 Å². The van der Waals surface area contributed by atoms with Crippen molar-refractivity contribution in [1.82, 2.24) is 20.0 Å². The number of rotatable bonds is 3. The maximum Gasteiger partial charge on any atom is 0.321 e. The van der Waals surface area contributed by atoms with Crippen LogP contribution in [0.2, 0.25) is 0 Å². The minimum atomic E-state index is -0.100. The Kier molecular flexibility index (Phi) is 4.81. The van der Waals surface area contributed by atoms with Crippen molar-refractivity contribution in [3.63, 3.8) is 0 Å². The van der Waals surface area contributed by atoms with Crippen molar-refractivity contribution in [2.45, 2.75) is 26.7 Å². The number of urea groups is 1. The minimum Gasteiger partial charge on any atom is -0.339 e. The van der Waals surface area contributed by atoms with Crippen LogP contribution in [0, 0.1) is 19.8 Å². The largest absolute Gasteiger partial charge is 0.339 e. The quantitative estimate of drug-likeness (QED) is 0.745. The molecule has 0 aliphatic carbocycles. The Bertz CT molecular complexity index is 985. The number of pyridine rings is 1. The van der Waals surface area contributed by atoms with Crippen molar-refractivity contribution >= 4 is 11.7 Å². The van der Waals surface area contributed by atoms with Crippen LogP contribution in [-0.2, 0) is 0 Å². The number of likely N-dealkylation sites (tertiary alicyclic amines) is 1. The SMILES string of the molecule is Cc1ccc(C)c(NC(=O)N2CC(C)C(c3nc(-c4ccncc4)no3)C2)c1. The summed E-state index contributed by atoms with van der Waals surface area (Å²) in [5.41, 5.74) is 3.86. The van der Waals surface area contributed by atoms with Crippen LogP contribution in [-0.4, -0.2) is 39.1 Å². The summed E-state index contributed by atoms with van der Waals surface area (Å²) in [6.45, 7) is 7.30. The molecule has 3 heterocycles. The lowest BCUT2D eigenvalue weighted by molar-refractivity contribution is 0.220. The molecule has 3 aromatic rings. The lowest BCUT2D eigenvalue weighted by Crippen LogP contribution is -2.33. The molecule has 4 rings (SSSR count). The summed E-state index contributed by atoms with van der Waals surface area (Å²) < 4.78 is 5.51. The first-order valence-corrected chi connectivity index (χ1v) is 9.38. The number of benzene rings is 1. The highest BCUT2D eigenvalue weighted by molar-refractivity contribution is 5.90. The number of nitrogens with zero attached hydrogens (tertiary/aromatic N) is 4. The number of anilines is 1. The van der Waals surface area contributed by atoms with Gasteiger partial charge in [-0.1, -0.05) is 24.2 Å². The molecule has 1 aromatic carbocycles. The third kappa shape index (κ3) is 3.60. The number of aryl methyl sites for hydroxylation is 2. The molecule has 1 aliphatic rings. The summed E-state index contributed by atoms with van der Waals surface area (Å²) in [5, 5.41) is 7.12. The number of aromatic nitrogens is 3. The van der Waals surface area contributed by atoms with Crippen LogP contribution in [0.3, 0.4) is 0 Å². The number of hydrogen-bond donors (Lipinski definition) is 1. The van der Waals surface area contributed by atoms with Gasteiger partial charge in [-0.15, -0.1) is 0 Å². The van der Waals surface area contributed by atoms with Gasteiger partial charge < -0.3 is 14.7 Å². The topological polar surface area (TPSA) is 84.2 Å². The summed E-state index contributed by atoms with van der Waals surface area (Å²) in [4.78, 5) is 23.1. The predicted molar refractivity (Wildman–Crippen MR) is 106 cm³/mol. The van der Waals surface area contributed by atoms with Gasteiger partial charge in [0.25, 0.3) is 0 Å². The van der Waals surface area contributed by atoms with Crippen LogP contribution in [0.4, 0.5) is 10.5 Å². The van der Waals surface area contributed by atoms with Gasteiger partial charge in [-0.25, -0.2) is 4.79 Å². The molecule has 7 nitrogen and oxygen atoms in total. The van der Waals surface area contributed by atoms with Gasteiger partial charge in [0.1, 0.15) is 0 Å². The zero-order valence-corrected chi connectivity index (χ0v) is 16.2. The molecule has 1 N–H and O–H groups in total. The predicted octanol–water partition coefficient (Wildman–Crippen LogP) is 4.02. The lowest BCUT2D eigenvalue weighted by Gasteiger charge is -2.18. The molecule has 0 bridgehead atoms. The molecule has 2 amide bonds. The van der Waals surface area contributed by atoms with Crippen LogP contribution in [0.15, 0.2) is 47.2 Å². The van der Waals surface area contributed by atoms with Crippen molar-refractivity contribution in [2.75, 3.05) is 18.4 Å². The molecule has 0 radical (unpaired) electrons. The highest BCUT2D eigenvalue weighted by Gasteiger charge is 2.37. The molecule has 2 atom stereocenters. The summed E-state index contributed by atoms with van der Waals surface area (Å²) in [5.74, 6) is 1.37. The molecule has 28 heavy (non-hydrogen) atoms. The Morgan fingerprint density at radius 2 is 1.96 bits per heavy atom. The standard InChI is InChI=1S/C21H23N5O2/c1-13-4-5-14(2)18(10-13)23-21(27)26-11-15(3)17(12-26)20-24-19(25-28-20)16-6-8-22-9-7-16/h4-10,15,17H,11-12H2,1-3H3,(H,23,27). The van der Waals surface area contributed by atoms with Gasteiger partial charge in [-0.3, -0.25) is 4.98 Å². The molecule has 1 fully saturated rings. The van der Waals surface area contributed by atoms with Gasteiger partial charge in [0.05, 0.1) is 5.92 Å². The van der Waals surface area contributed by atoms with Gasteiger partial charge in [0, 0.05) is 36.7 Å². The Morgan fingerprint density at radius 1 is 1.18 bits per heavy atom. The van der Waals surface area contributed by atoms with E-state index in [1.165, 1.54) is 0 Å². The second-order valence-corrected chi connectivity index (χ2v) is 7.43. The van der Waals surface area contributed by atoms with E-state index in [4.69, 9.17) is 4.52 Å². The molecule has 0 spiro atoms. The van der Waals surface area contributed by atoms with Crippen molar-refractivity contribution in [3.8, 4) is 11.4 Å². The van der Waals surface area contributed by atoms with Gasteiger partial charge in [-0.2, -0.15) is 4.98 Å². The van der Waals surface area contributed by atoms with Crippen LogP contribution < -0.4 is 5.32 Å². The first-order chi connectivity index (χ1) is 13.5. The number of hydrogen-bond acceptors (Lipinski definition) is 5. The van der Waals surface area contributed by atoms with Crippen LogP contribution in [0.5, 0.6) is 0 Å². The lowest BCUT2D eigenvalue weighted by atomic mass is 9.98.